The normalized spacial score (nSPS) is 12.4. The van der Waals surface area contributed by atoms with Crippen molar-refractivity contribution in [1.82, 2.24) is 10.9 Å². The molecule has 0 spiro atoms. The molecule has 2 N–H and O–H groups in total. The molecular weight excluding hydrogens is 292 g/mol. The van der Waals surface area contributed by atoms with Crippen LogP contribution in [0.1, 0.15) is 45.2 Å². The number of hydrogen-bond donors (Lipinski definition) is 2. The zero-order chi connectivity index (χ0) is 17.6. The lowest BCUT2D eigenvalue weighted by Gasteiger charge is -2.26. The second-order valence-electron chi connectivity index (χ2n) is 7.13. The van der Waals surface area contributed by atoms with E-state index in [0.717, 1.165) is 11.1 Å². The van der Waals surface area contributed by atoms with Crippen LogP contribution in [0.15, 0.2) is 18.2 Å². The van der Waals surface area contributed by atoms with Crippen LogP contribution >= 0.6 is 0 Å². The Morgan fingerprint density at radius 1 is 1.13 bits per heavy atom. The average Bonchev–Trinajstić information content (AvgIpc) is 2.45. The molecule has 0 aliphatic heterocycles. The fraction of sp³-hybridized carbons (Fsp3) is 0.556. The third-order valence-electron chi connectivity index (χ3n) is 4.01. The molecule has 0 heterocycles. The summed E-state index contributed by atoms with van der Waals surface area (Å²) in [5, 5.41) is 0. The van der Waals surface area contributed by atoms with Crippen LogP contribution < -0.4 is 15.6 Å². The van der Waals surface area contributed by atoms with E-state index in [-0.39, 0.29) is 29.8 Å². The molecule has 1 aromatic rings. The molecule has 0 saturated heterocycles. The zero-order valence-electron chi connectivity index (χ0n) is 14.9. The molecule has 23 heavy (non-hydrogen) atoms. The number of carbonyl (C=O) groups excluding carboxylic acids is 2. The van der Waals surface area contributed by atoms with Crippen LogP contribution in [0.2, 0.25) is 0 Å². The van der Waals surface area contributed by atoms with Gasteiger partial charge in [0.15, 0.2) is 6.61 Å². The van der Waals surface area contributed by atoms with E-state index in [4.69, 9.17) is 4.74 Å². The molecule has 0 bridgehead atoms. The van der Waals surface area contributed by atoms with Crippen molar-refractivity contribution in [2.75, 3.05) is 6.61 Å². The highest BCUT2D eigenvalue weighted by Gasteiger charge is 2.22. The first-order valence-corrected chi connectivity index (χ1v) is 7.87. The maximum Gasteiger partial charge on any atom is 0.276 e. The zero-order valence-corrected chi connectivity index (χ0v) is 14.9. The summed E-state index contributed by atoms with van der Waals surface area (Å²) in [5.41, 5.74) is 6.89. The first-order valence-electron chi connectivity index (χ1n) is 7.87. The fourth-order valence-corrected chi connectivity index (χ4v) is 1.82. The first-order chi connectivity index (χ1) is 10.6. The van der Waals surface area contributed by atoms with E-state index in [9.17, 15) is 9.59 Å². The van der Waals surface area contributed by atoms with Gasteiger partial charge in [-0.05, 0) is 42.4 Å². The third kappa shape index (κ3) is 6.72. The van der Waals surface area contributed by atoms with E-state index >= 15 is 0 Å². The van der Waals surface area contributed by atoms with E-state index in [1.54, 1.807) is 0 Å². The summed E-state index contributed by atoms with van der Waals surface area (Å²) in [6.45, 7) is 12.0. The Kier molecular flexibility index (Phi) is 6.61. The molecule has 0 radical (unpaired) electrons. The monoisotopic (exact) mass is 320 g/mol. The number of hydrogen-bond acceptors (Lipinski definition) is 3. The second kappa shape index (κ2) is 7.99. The van der Waals surface area contributed by atoms with Gasteiger partial charge < -0.3 is 4.74 Å². The number of aryl methyl sites for hydroxylation is 2. The van der Waals surface area contributed by atoms with Crippen molar-refractivity contribution in [2.24, 2.45) is 11.3 Å². The van der Waals surface area contributed by atoms with Crippen molar-refractivity contribution in [2.45, 2.75) is 48.0 Å². The van der Waals surface area contributed by atoms with Crippen LogP contribution in [-0.2, 0) is 9.59 Å². The van der Waals surface area contributed by atoms with Gasteiger partial charge in [-0.15, -0.1) is 0 Å². The van der Waals surface area contributed by atoms with Crippen molar-refractivity contribution < 1.29 is 14.3 Å². The maximum absolute atomic E-state index is 11.8. The largest absolute Gasteiger partial charge is 0.483 e. The number of nitrogens with one attached hydrogen (secondary N) is 2. The molecule has 0 aromatic heterocycles. The van der Waals surface area contributed by atoms with Crippen molar-refractivity contribution in [3.8, 4) is 5.75 Å². The number of ether oxygens (including phenoxy) is 1. The van der Waals surface area contributed by atoms with Gasteiger partial charge in [-0.2, -0.15) is 0 Å². The Morgan fingerprint density at radius 3 is 2.35 bits per heavy atom. The molecule has 1 aromatic carbocycles. The van der Waals surface area contributed by atoms with Gasteiger partial charge in [0.25, 0.3) is 5.91 Å². The standard InChI is InChI=1S/C18H28N2O3/c1-12-7-8-13(2)15(9-12)23-11-17(22)20-19-16(21)10-14(3)18(4,5)6/h7-9,14H,10-11H2,1-6H3,(H,19,21)(H,20,22). The van der Waals surface area contributed by atoms with Crippen molar-refractivity contribution in [1.29, 1.82) is 0 Å². The fourth-order valence-electron chi connectivity index (χ4n) is 1.82. The van der Waals surface area contributed by atoms with Crippen LogP contribution in [0, 0.1) is 25.2 Å². The molecule has 128 valence electrons. The summed E-state index contributed by atoms with van der Waals surface area (Å²) in [4.78, 5) is 23.6. The van der Waals surface area contributed by atoms with Gasteiger partial charge in [-0.3, -0.25) is 20.4 Å². The van der Waals surface area contributed by atoms with Gasteiger partial charge in [0.1, 0.15) is 5.75 Å². The molecular formula is C18H28N2O3. The molecule has 5 heteroatoms. The lowest BCUT2D eigenvalue weighted by atomic mass is 9.80. The van der Waals surface area contributed by atoms with Gasteiger partial charge in [-0.1, -0.05) is 39.8 Å². The van der Waals surface area contributed by atoms with Crippen LogP contribution in [0.5, 0.6) is 5.75 Å². The predicted octanol–water partition coefficient (Wildman–Crippen LogP) is 2.90. The van der Waals surface area contributed by atoms with Crippen LogP contribution in [0.25, 0.3) is 0 Å². The average molecular weight is 320 g/mol. The molecule has 2 amide bonds. The summed E-state index contributed by atoms with van der Waals surface area (Å²) in [5.74, 6) is 0.300. The summed E-state index contributed by atoms with van der Waals surface area (Å²) >= 11 is 0. The lowest BCUT2D eigenvalue weighted by molar-refractivity contribution is -0.130. The van der Waals surface area contributed by atoms with Gasteiger partial charge in [-0.25, -0.2) is 0 Å². The number of rotatable bonds is 5. The molecule has 5 nitrogen and oxygen atoms in total. The summed E-state index contributed by atoms with van der Waals surface area (Å²) in [6, 6.07) is 5.81. The Hall–Kier alpha value is -2.04. The SMILES string of the molecule is Cc1ccc(C)c(OCC(=O)NNC(=O)CC(C)C(C)(C)C)c1. The van der Waals surface area contributed by atoms with E-state index in [2.05, 4.69) is 31.6 Å². The minimum absolute atomic E-state index is 0.0488. The predicted molar refractivity (Wildman–Crippen MR) is 90.9 cm³/mol. The van der Waals surface area contributed by atoms with E-state index < -0.39 is 0 Å². The Morgan fingerprint density at radius 2 is 1.74 bits per heavy atom. The topological polar surface area (TPSA) is 67.4 Å². The summed E-state index contributed by atoms with van der Waals surface area (Å²) in [7, 11) is 0. The van der Waals surface area contributed by atoms with E-state index in [1.165, 1.54) is 0 Å². The molecule has 1 unspecified atom stereocenters. The highest BCUT2D eigenvalue weighted by molar-refractivity contribution is 5.82. The second-order valence-corrected chi connectivity index (χ2v) is 7.13. The molecule has 0 fully saturated rings. The molecule has 0 aliphatic rings. The van der Waals surface area contributed by atoms with Crippen LogP contribution in [-0.4, -0.2) is 18.4 Å². The van der Waals surface area contributed by atoms with E-state index in [1.807, 2.05) is 39.0 Å². The third-order valence-corrected chi connectivity index (χ3v) is 4.01. The Bertz CT molecular complexity index is 562. The molecule has 1 atom stereocenters. The minimum atomic E-state index is -0.386. The maximum atomic E-state index is 11.8. The lowest BCUT2D eigenvalue weighted by Crippen LogP contribution is -2.44. The quantitative estimate of drug-likeness (QED) is 0.820. The smallest absolute Gasteiger partial charge is 0.276 e. The van der Waals surface area contributed by atoms with Crippen molar-refractivity contribution >= 4 is 11.8 Å². The molecule has 1 rings (SSSR count). The number of amides is 2. The van der Waals surface area contributed by atoms with Crippen molar-refractivity contribution in [3.05, 3.63) is 29.3 Å². The highest BCUT2D eigenvalue weighted by atomic mass is 16.5. The summed E-state index contributed by atoms with van der Waals surface area (Å²) in [6.07, 6.45) is 0.363. The molecule has 0 saturated carbocycles. The number of benzene rings is 1. The molecule has 0 aliphatic carbocycles. The summed E-state index contributed by atoms with van der Waals surface area (Å²) < 4.78 is 5.48. The van der Waals surface area contributed by atoms with Crippen LogP contribution in [0.4, 0.5) is 0 Å². The van der Waals surface area contributed by atoms with E-state index in [0.29, 0.717) is 12.2 Å². The number of hydrazine groups is 1. The first kappa shape index (κ1) is 19.0. The minimum Gasteiger partial charge on any atom is -0.483 e. The van der Waals surface area contributed by atoms with Crippen molar-refractivity contribution in [3.63, 3.8) is 0 Å². The van der Waals surface area contributed by atoms with Gasteiger partial charge >= 0.3 is 0 Å². The van der Waals surface area contributed by atoms with Gasteiger partial charge in [0.05, 0.1) is 0 Å². The number of carbonyl (C=O) groups is 2. The van der Waals surface area contributed by atoms with Gasteiger partial charge in [0, 0.05) is 6.42 Å². The van der Waals surface area contributed by atoms with Crippen LogP contribution in [0.3, 0.4) is 0 Å². The Labute approximate surface area is 138 Å². The Balaban J connectivity index is 2.37. The highest BCUT2D eigenvalue weighted by Crippen LogP contribution is 2.27. The van der Waals surface area contributed by atoms with Gasteiger partial charge in [0.2, 0.25) is 5.91 Å².